The number of carbonyl (C=O) groups is 1. The van der Waals surface area contributed by atoms with E-state index in [-0.39, 0.29) is 11.2 Å². The summed E-state index contributed by atoms with van der Waals surface area (Å²) < 4.78 is 4.98. The third-order valence-corrected chi connectivity index (χ3v) is 3.63. The van der Waals surface area contributed by atoms with Gasteiger partial charge >= 0.3 is 5.97 Å². The number of esters is 1. The molecule has 0 aliphatic carbocycles. The molecule has 0 spiro atoms. The minimum Gasteiger partial charge on any atom is -0.465 e. The smallest absolute Gasteiger partial charge is 0.319 e. The fourth-order valence-electron chi connectivity index (χ4n) is 1.25. The summed E-state index contributed by atoms with van der Waals surface area (Å²) in [4.78, 5) is 11.4. The zero-order chi connectivity index (χ0) is 9.84. The molecule has 0 aromatic rings. The van der Waals surface area contributed by atoms with Crippen LogP contribution >= 0.6 is 11.8 Å². The van der Waals surface area contributed by atoms with Crippen LogP contribution in [0.25, 0.3) is 0 Å². The number of rotatable bonds is 2. The Morgan fingerprint density at radius 1 is 1.54 bits per heavy atom. The second-order valence-corrected chi connectivity index (χ2v) is 4.51. The summed E-state index contributed by atoms with van der Waals surface area (Å²) in [5.41, 5.74) is 2.75. The average Bonchev–Trinajstić information content (AvgIpc) is 2.10. The van der Waals surface area contributed by atoms with Crippen molar-refractivity contribution in [2.75, 3.05) is 12.4 Å². The Labute approximate surface area is 83.7 Å². The maximum Gasteiger partial charge on any atom is 0.319 e. The molecule has 2 nitrogen and oxygen atoms in total. The van der Waals surface area contributed by atoms with Crippen LogP contribution in [0, 0.1) is 0 Å². The summed E-state index contributed by atoms with van der Waals surface area (Å²) in [5.74, 6) is 0.911. The van der Waals surface area contributed by atoms with E-state index in [2.05, 4.69) is 13.8 Å². The second-order valence-electron chi connectivity index (χ2n) is 3.32. The quantitative estimate of drug-likeness (QED) is 0.506. The zero-order valence-electron chi connectivity index (χ0n) is 8.42. The lowest BCUT2D eigenvalue weighted by molar-refractivity contribution is -0.142. The van der Waals surface area contributed by atoms with E-state index in [1.165, 1.54) is 11.1 Å². The van der Waals surface area contributed by atoms with E-state index in [0.29, 0.717) is 6.61 Å². The van der Waals surface area contributed by atoms with Gasteiger partial charge in [0.2, 0.25) is 0 Å². The highest BCUT2D eigenvalue weighted by molar-refractivity contribution is 8.00. The van der Waals surface area contributed by atoms with Gasteiger partial charge in [0.1, 0.15) is 5.25 Å². The van der Waals surface area contributed by atoms with Crippen molar-refractivity contribution in [1.29, 1.82) is 0 Å². The summed E-state index contributed by atoms with van der Waals surface area (Å²) in [6.07, 6.45) is 0.856. The first-order chi connectivity index (χ1) is 6.15. The minimum absolute atomic E-state index is 0.0312. The van der Waals surface area contributed by atoms with Crippen LogP contribution in [-0.4, -0.2) is 23.6 Å². The molecular weight excluding hydrogens is 184 g/mol. The van der Waals surface area contributed by atoms with Crippen molar-refractivity contribution in [3.8, 4) is 0 Å². The topological polar surface area (TPSA) is 26.3 Å². The van der Waals surface area contributed by atoms with Gasteiger partial charge < -0.3 is 4.74 Å². The molecule has 0 amide bonds. The van der Waals surface area contributed by atoms with E-state index in [1.54, 1.807) is 11.8 Å². The van der Waals surface area contributed by atoms with Crippen LogP contribution < -0.4 is 0 Å². The van der Waals surface area contributed by atoms with Crippen LogP contribution in [0.1, 0.15) is 27.2 Å². The monoisotopic (exact) mass is 200 g/mol. The van der Waals surface area contributed by atoms with E-state index < -0.39 is 0 Å². The van der Waals surface area contributed by atoms with Crippen molar-refractivity contribution in [2.45, 2.75) is 32.4 Å². The number of ether oxygens (including phenoxy) is 1. The molecule has 1 rings (SSSR count). The van der Waals surface area contributed by atoms with Gasteiger partial charge in [-0.15, -0.1) is 11.8 Å². The maximum atomic E-state index is 11.4. The molecule has 3 heteroatoms. The molecule has 1 aliphatic rings. The first kappa shape index (κ1) is 10.6. The Balaban J connectivity index is 2.53. The Morgan fingerprint density at radius 3 is 2.77 bits per heavy atom. The van der Waals surface area contributed by atoms with Gasteiger partial charge in [-0.1, -0.05) is 11.1 Å². The van der Waals surface area contributed by atoms with Gasteiger partial charge in [0, 0.05) is 5.75 Å². The number of hydrogen-bond acceptors (Lipinski definition) is 3. The summed E-state index contributed by atoms with van der Waals surface area (Å²) in [7, 11) is 0. The molecule has 1 heterocycles. The molecule has 0 aromatic carbocycles. The van der Waals surface area contributed by atoms with Crippen molar-refractivity contribution in [3.05, 3.63) is 11.1 Å². The second kappa shape index (κ2) is 4.70. The van der Waals surface area contributed by atoms with E-state index in [0.717, 1.165) is 12.2 Å². The minimum atomic E-state index is -0.0562. The molecule has 1 aliphatic heterocycles. The third-order valence-electron chi connectivity index (χ3n) is 2.27. The standard InChI is InChI=1S/C10H16O2S/c1-4-12-10(11)9-5-7(2)8(3)6-13-9/h9H,4-6H2,1-3H3. The molecule has 0 aromatic heterocycles. The van der Waals surface area contributed by atoms with Crippen LogP contribution in [-0.2, 0) is 9.53 Å². The van der Waals surface area contributed by atoms with Gasteiger partial charge in [-0.25, -0.2) is 0 Å². The number of hydrogen-bond donors (Lipinski definition) is 0. The largest absolute Gasteiger partial charge is 0.465 e. The Morgan fingerprint density at radius 2 is 2.23 bits per heavy atom. The van der Waals surface area contributed by atoms with Crippen molar-refractivity contribution in [3.63, 3.8) is 0 Å². The fraction of sp³-hybridized carbons (Fsp3) is 0.700. The third kappa shape index (κ3) is 2.76. The number of carbonyl (C=O) groups excluding carboxylic acids is 1. The van der Waals surface area contributed by atoms with Crippen molar-refractivity contribution >= 4 is 17.7 Å². The van der Waals surface area contributed by atoms with E-state index in [1.807, 2.05) is 6.92 Å². The molecule has 0 saturated heterocycles. The van der Waals surface area contributed by atoms with Crippen LogP contribution in [0.15, 0.2) is 11.1 Å². The summed E-state index contributed by atoms with van der Waals surface area (Å²) in [5, 5.41) is 0.0312. The van der Waals surface area contributed by atoms with E-state index >= 15 is 0 Å². The summed E-state index contributed by atoms with van der Waals surface area (Å²) in [6.45, 7) is 6.56. The van der Waals surface area contributed by atoms with Crippen LogP contribution in [0.4, 0.5) is 0 Å². The molecule has 1 atom stereocenters. The Kier molecular flexibility index (Phi) is 3.85. The van der Waals surface area contributed by atoms with Gasteiger partial charge in [0.25, 0.3) is 0 Å². The number of thioether (sulfide) groups is 1. The lowest BCUT2D eigenvalue weighted by atomic mass is 10.1. The predicted molar refractivity (Wildman–Crippen MR) is 55.9 cm³/mol. The van der Waals surface area contributed by atoms with Crippen molar-refractivity contribution < 1.29 is 9.53 Å². The molecule has 13 heavy (non-hydrogen) atoms. The van der Waals surface area contributed by atoms with Crippen LogP contribution in [0.5, 0.6) is 0 Å². The van der Waals surface area contributed by atoms with Crippen LogP contribution in [0.2, 0.25) is 0 Å². The number of allylic oxidation sites excluding steroid dienone is 1. The van der Waals surface area contributed by atoms with E-state index in [9.17, 15) is 4.79 Å². The first-order valence-electron chi connectivity index (χ1n) is 4.58. The fourth-order valence-corrected chi connectivity index (χ4v) is 2.52. The molecule has 0 fully saturated rings. The molecule has 0 bridgehead atoms. The normalized spacial score (nSPS) is 23.2. The average molecular weight is 200 g/mol. The SMILES string of the molecule is CCOC(=O)C1CC(C)=C(C)CS1. The zero-order valence-corrected chi connectivity index (χ0v) is 9.24. The van der Waals surface area contributed by atoms with Gasteiger partial charge in [-0.05, 0) is 27.2 Å². The van der Waals surface area contributed by atoms with Gasteiger partial charge in [0.05, 0.1) is 6.61 Å². The van der Waals surface area contributed by atoms with Crippen molar-refractivity contribution in [1.82, 2.24) is 0 Å². The summed E-state index contributed by atoms with van der Waals surface area (Å²) in [6, 6.07) is 0. The predicted octanol–water partition coefficient (Wildman–Crippen LogP) is 2.39. The lowest BCUT2D eigenvalue weighted by Gasteiger charge is -2.22. The molecule has 0 N–H and O–H groups in total. The highest BCUT2D eigenvalue weighted by Gasteiger charge is 2.24. The molecule has 1 unspecified atom stereocenters. The summed E-state index contributed by atoms with van der Waals surface area (Å²) >= 11 is 1.69. The van der Waals surface area contributed by atoms with Gasteiger partial charge in [-0.3, -0.25) is 4.79 Å². The highest BCUT2D eigenvalue weighted by Crippen LogP contribution is 2.30. The van der Waals surface area contributed by atoms with Crippen LogP contribution in [0.3, 0.4) is 0 Å². The van der Waals surface area contributed by atoms with Crippen molar-refractivity contribution in [2.24, 2.45) is 0 Å². The highest BCUT2D eigenvalue weighted by atomic mass is 32.2. The molecule has 0 saturated carbocycles. The maximum absolute atomic E-state index is 11.4. The van der Waals surface area contributed by atoms with E-state index in [4.69, 9.17) is 4.74 Å². The molecule has 0 radical (unpaired) electrons. The lowest BCUT2D eigenvalue weighted by Crippen LogP contribution is -2.24. The van der Waals surface area contributed by atoms with Gasteiger partial charge in [-0.2, -0.15) is 0 Å². The molecular formula is C10H16O2S. The molecule has 74 valence electrons. The Bertz CT molecular complexity index is 233. The van der Waals surface area contributed by atoms with Gasteiger partial charge in [0.15, 0.2) is 0 Å². The Hall–Kier alpha value is -0.440. The first-order valence-corrected chi connectivity index (χ1v) is 5.63.